The van der Waals surface area contributed by atoms with Crippen LogP contribution < -0.4 is 19.7 Å². The van der Waals surface area contributed by atoms with Gasteiger partial charge in [0.1, 0.15) is 24.2 Å². The maximum Gasteiger partial charge on any atom is 0.229 e. The van der Waals surface area contributed by atoms with Gasteiger partial charge >= 0.3 is 0 Å². The van der Waals surface area contributed by atoms with Gasteiger partial charge in [0.2, 0.25) is 11.8 Å². The molecule has 4 rings (SSSR count). The van der Waals surface area contributed by atoms with E-state index in [1.807, 2.05) is 0 Å². The Morgan fingerprint density at radius 1 is 1.16 bits per heavy atom. The highest BCUT2D eigenvalue weighted by Crippen LogP contribution is 2.36. The second-order valence-corrected chi connectivity index (χ2v) is 7.37. The first-order valence-electron chi connectivity index (χ1n) is 9.48. The lowest BCUT2D eigenvalue weighted by Gasteiger charge is -2.20. The molecule has 0 spiro atoms. The number of halogens is 1. The highest BCUT2D eigenvalue weighted by molar-refractivity contribution is 6.31. The maximum absolute atomic E-state index is 13.0. The van der Waals surface area contributed by atoms with Crippen LogP contribution in [0.4, 0.5) is 11.4 Å². The zero-order valence-electron chi connectivity index (χ0n) is 16.9. The summed E-state index contributed by atoms with van der Waals surface area (Å²) in [5, 5.41) is 7.44. The number of methoxy groups -OCH3 is 2. The summed E-state index contributed by atoms with van der Waals surface area (Å²) in [4.78, 5) is 31.2. The second kappa shape index (κ2) is 8.65. The summed E-state index contributed by atoms with van der Waals surface area (Å²) in [5.41, 5.74) is 1.66. The van der Waals surface area contributed by atoms with E-state index in [0.717, 1.165) is 0 Å². The molecule has 1 saturated heterocycles. The average molecular weight is 442 g/mol. The Kier molecular flexibility index (Phi) is 5.77. The quantitative estimate of drug-likeness (QED) is 0.631. The Balaban J connectivity index is 1.56. The minimum atomic E-state index is -0.550. The summed E-state index contributed by atoms with van der Waals surface area (Å²) in [6.07, 6.45) is 3.00. The summed E-state index contributed by atoms with van der Waals surface area (Å²) in [6, 6.07) is 10.3. The van der Waals surface area contributed by atoms with Gasteiger partial charge in [0, 0.05) is 24.1 Å². The lowest BCUT2D eigenvalue weighted by Crippen LogP contribution is -2.28. The Hall–Kier alpha value is -3.59. The smallest absolute Gasteiger partial charge is 0.229 e. The van der Waals surface area contributed by atoms with Gasteiger partial charge in [-0.3, -0.25) is 9.59 Å². The fourth-order valence-corrected chi connectivity index (χ4v) is 3.67. The average Bonchev–Trinajstić information content (AvgIpc) is 3.43. The first kappa shape index (κ1) is 20.7. The van der Waals surface area contributed by atoms with Crippen molar-refractivity contribution in [3.63, 3.8) is 0 Å². The predicted molar refractivity (Wildman–Crippen MR) is 115 cm³/mol. The molecule has 0 aliphatic carbocycles. The number of nitrogens with zero attached hydrogens (tertiary/aromatic N) is 4. The lowest BCUT2D eigenvalue weighted by molar-refractivity contribution is -0.122. The number of hydrogen-bond donors (Lipinski definition) is 1. The van der Waals surface area contributed by atoms with Crippen LogP contribution in [0.15, 0.2) is 49.1 Å². The molecule has 2 aromatic carbocycles. The molecule has 0 radical (unpaired) electrons. The molecule has 1 fully saturated rings. The van der Waals surface area contributed by atoms with Gasteiger partial charge in [-0.05, 0) is 30.3 Å². The molecule has 0 saturated carbocycles. The van der Waals surface area contributed by atoms with Crippen LogP contribution >= 0.6 is 11.6 Å². The number of carbonyl (C=O) groups excluding carboxylic acids is 2. The van der Waals surface area contributed by atoms with E-state index in [2.05, 4.69) is 15.4 Å². The number of hydrogen-bond acceptors (Lipinski definition) is 6. The van der Waals surface area contributed by atoms with Crippen LogP contribution in [0.25, 0.3) is 5.69 Å². The maximum atomic E-state index is 13.0. The highest BCUT2D eigenvalue weighted by Gasteiger charge is 2.36. The Morgan fingerprint density at radius 3 is 2.71 bits per heavy atom. The molecular weight excluding hydrogens is 422 g/mol. The van der Waals surface area contributed by atoms with Crippen molar-refractivity contribution < 1.29 is 19.1 Å². The Bertz CT molecular complexity index is 1120. The van der Waals surface area contributed by atoms with Crippen molar-refractivity contribution in [3.05, 3.63) is 54.1 Å². The van der Waals surface area contributed by atoms with Crippen LogP contribution in [0.3, 0.4) is 0 Å². The SMILES string of the molecule is COc1ccc(OC)c(N2CC(C(=O)Nc3cc(Cl)ccc3-n3cncn3)CC2=O)c1. The van der Waals surface area contributed by atoms with Gasteiger partial charge in [-0.1, -0.05) is 11.6 Å². The third kappa shape index (κ3) is 4.17. The van der Waals surface area contributed by atoms with E-state index in [1.54, 1.807) is 48.4 Å². The minimum Gasteiger partial charge on any atom is -0.497 e. The van der Waals surface area contributed by atoms with Gasteiger partial charge in [-0.25, -0.2) is 9.67 Å². The van der Waals surface area contributed by atoms with Crippen LogP contribution in [-0.4, -0.2) is 47.3 Å². The molecule has 2 heterocycles. The van der Waals surface area contributed by atoms with E-state index in [0.29, 0.717) is 33.6 Å². The molecule has 2 amide bonds. The number of nitrogens with one attached hydrogen (secondary N) is 1. The molecule has 1 aliphatic rings. The van der Waals surface area contributed by atoms with E-state index in [1.165, 1.54) is 24.4 Å². The van der Waals surface area contributed by atoms with Crippen LogP contribution in [0.5, 0.6) is 11.5 Å². The topological polar surface area (TPSA) is 98.6 Å². The van der Waals surface area contributed by atoms with Gasteiger partial charge < -0.3 is 19.7 Å². The van der Waals surface area contributed by atoms with Crippen molar-refractivity contribution in [2.75, 3.05) is 31.0 Å². The van der Waals surface area contributed by atoms with E-state index in [9.17, 15) is 9.59 Å². The van der Waals surface area contributed by atoms with Crippen LogP contribution in [0, 0.1) is 5.92 Å². The second-order valence-electron chi connectivity index (χ2n) is 6.93. The molecule has 1 aromatic heterocycles. The van der Waals surface area contributed by atoms with Crippen molar-refractivity contribution in [1.82, 2.24) is 14.8 Å². The number of rotatable bonds is 6. The predicted octanol–water partition coefficient (Wildman–Crippen LogP) is 2.93. The standard InChI is InChI=1S/C21H20ClN5O4/c1-30-15-4-6-19(31-2)18(9-15)26-10-13(7-20(26)28)21(29)25-16-8-14(22)3-5-17(16)27-12-23-11-24-27/h3-6,8-9,11-13H,7,10H2,1-2H3,(H,25,29). The lowest BCUT2D eigenvalue weighted by atomic mass is 10.1. The molecule has 1 aliphatic heterocycles. The van der Waals surface area contributed by atoms with E-state index in [-0.39, 0.29) is 24.8 Å². The van der Waals surface area contributed by atoms with Gasteiger partial charge in [-0.2, -0.15) is 5.10 Å². The molecule has 31 heavy (non-hydrogen) atoms. The fourth-order valence-electron chi connectivity index (χ4n) is 3.50. The molecular formula is C21H20ClN5O4. The number of amides is 2. The number of aromatic nitrogens is 3. The Morgan fingerprint density at radius 2 is 2.00 bits per heavy atom. The zero-order chi connectivity index (χ0) is 22.0. The Labute approximate surface area is 183 Å². The van der Waals surface area contributed by atoms with Gasteiger partial charge in [-0.15, -0.1) is 0 Å². The number of benzene rings is 2. The number of anilines is 2. The number of ether oxygens (including phenoxy) is 2. The number of carbonyl (C=O) groups is 2. The first-order chi connectivity index (χ1) is 15.0. The third-order valence-corrected chi connectivity index (χ3v) is 5.29. The van der Waals surface area contributed by atoms with Gasteiger partial charge in [0.15, 0.2) is 0 Å². The highest BCUT2D eigenvalue weighted by atomic mass is 35.5. The van der Waals surface area contributed by atoms with E-state index < -0.39 is 5.92 Å². The monoisotopic (exact) mass is 441 g/mol. The van der Waals surface area contributed by atoms with Crippen LogP contribution in [-0.2, 0) is 9.59 Å². The molecule has 1 atom stereocenters. The van der Waals surface area contributed by atoms with Crippen molar-refractivity contribution in [2.45, 2.75) is 6.42 Å². The van der Waals surface area contributed by atoms with Crippen LogP contribution in [0.2, 0.25) is 5.02 Å². The molecule has 3 aromatic rings. The van der Waals surface area contributed by atoms with Gasteiger partial charge in [0.25, 0.3) is 0 Å². The van der Waals surface area contributed by atoms with Crippen LogP contribution in [0.1, 0.15) is 6.42 Å². The first-order valence-corrected chi connectivity index (χ1v) is 9.85. The minimum absolute atomic E-state index is 0.0748. The summed E-state index contributed by atoms with van der Waals surface area (Å²) in [7, 11) is 3.08. The molecule has 9 nitrogen and oxygen atoms in total. The van der Waals surface area contributed by atoms with E-state index in [4.69, 9.17) is 21.1 Å². The summed E-state index contributed by atoms with van der Waals surface area (Å²) in [6.45, 7) is 0.216. The van der Waals surface area contributed by atoms with Crippen molar-refractivity contribution in [3.8, 4) is 17.2 Å². The molecule has 10 heteroatoms. The van der Waals surface area contributed by atoms with Crippen molar-refractivity contribution in [1.29, 1.82) is 0 Å². The molecule has 1 unspecified atom stereocenters. The molecule has 0 bridgehead atoms. The van der Waals surface area contributed by atoms with Crippen molar-refractivity contribution >= 4 is 34.8 Å². The summed E-state index contributed by atoms with van der Waals surface area (Å²) < 4.78 is 12.2. The van der Waals surface area contributed by atoms with E-state index >= 15 is 0 Å². The summed E-state index contributed by atoms with van der Waals surface area (Å²) >= 11 is 6.12. The van der Waals surface area contributed by atoms with Crippen molar-refractivity contribution in [2.24, 2.45) is 5.92 Å². The zero-order valence-corrected chi connectivity index (χ0v) is 17.7. The third-order valence-electron chi connectivity index (χ3n) is 5.05. The largest absolute Gasteiger partial charge is 0.497 e. The molecule has 1 N–H and O–H groups in total. The molecule has 160 valence electrons. The van der Waals surface area contributed by atoms with Gasteiger partial charge in [0.05, 0.1) is 37.2 Å². The fraction of sp³-hybridized carbons (Fsp3) is 0.238. The summed E-state index contributed by atoms with van der Waals surface area (Å²) in [5.74, 6) is 0.105. The normalized spacial score (nSPS) is 15.8.